The average molecular weight is 272 g/mol. The van der Waals surface area contributed by atoms with Gasteiger partial charge in [-0.3, -0.25) is 9.58 Å². The minimum Gasteiger partial charge on any atom is -0.396 e. The summed E-state index contributed by atoms with van der Waals surface area (Å²) in [6.07, 6.45) is 2.15. The molecule has 18 heavy (non-hydrogen) atoms. The largest absolute Gasteiger partial charge is 0.396 e. The second-order valence-corrected chi connectivity index (χ2v) is 5.44. The van der Waals surface area contributed by atoms with Gasteiger partial charge in [0.05, 0.1) is 16.4 Å². The van der Waals surface area contributed by atoms with E-state index in [2.05, 4.69) is 16.9 Å². The fraction of sp³-hybridized carbons (Fsp3) is 0.769. The third kappa shape index (κ3) is 2.87. The molecule has 0 amide bonds. The molecule has 102 valence electrons. The van der Waals surface area contributed by atoms with Crippen LogP contribution in [0.4, 0.5) is 0 Å². The van der Waals surface area contributed by atoms with Crippen molar-refractivity contribution in [1.82, 2.24) is 14.7 Å². The molecule has 4 nitrogen and oxygen atoms in total. The van der Waals surface area contributed by atoms with Gasteiger partial charge in [-0.1, -0.05) is 11.6 Å². The minimum absolute atomic E-state index is 0.320. The molecule has 1 aliphatic heterocycles. The first-order valence-corrected chi connectivity index (χ1v) is 7.08. The fourth-order valence-electron chi connectivity index (χ4n) is 2.56. The number of likely N-dealkylation sites (tertiary alicyclic amines) is 1. The molecule has 0 saturated carbocycles. The summed E-state index contributed by atoms with van der Waals surface area (Å²) in [7, 11) is 0. The zero-order valence-electron chi connectivity index (χ0n) is 11.2. The van der Waals surface area contributed by atoms with Gasteiger partial charge in [0.15, 0.2) is 0 Å². The van der Waals surface area contributed by atoms with Gasteiger partial charge in [0.1, 0.15) is 0 Å². The Kier molecular flexibility index (Phi) is 4.65. The second kappa shape index (κ2) is 6.04. The van der Waals surface area contributed by atoms with Gasteiger partial charge in [-0.25, -0.2) is 0 Å². The maximum absolute atomic E-state index is 9.14. The molecule has 1 fully saturated rings. The van der Waals surface area contributed by atoms with Crippen LogP contribution in [0.1, 0.15) is 31.2 Å². The number of piperidine rings is 1. The van der Waals surface area contributed by atoms with Crippen LogP contribution in [-0.2, 0) is 13.1 Å². The van der Waals surface area contributed by atoms with E-state index in [1.165, 1.54) is 0 Å². The van der Waals surface area contributed by atoms with Gasteiger partial charge in [-0.05, 0) is 45.7 Å². The van der Waals surface area contributed by atoms with Crippen LogP contribution in [0.15, 0.2) is 0 Å². The lowest BCUT2D eigenvalue weighted by atomic mass is 9.98. The van der Waals surface area contributed by atoms with Crippen molar-refractivity contribution in [3.63, 3.8) is 0 Å². The van der Waals surface area contributed by atoms with Crippen molar-refractivity contribution in [3.05, 3.63) is 16.4 Å². The van der Waals surface area contributed by atoms with Gasteiger partial charge in [-0.15, -0.1) is 0 Å². The molecule has 1 aromatic rings. The van der Waals surface area contributed by atoms with Gasteiger partial charge in [0, 0.05) is 19.7 Å². The van der Waals surface area contributed by atoms with Crippen LogP contribution in [0.2, 0.25) is 5.02 Å². The van der Waals surface area contributed by atoms with Crippen LogP contribution in [-0.4, -0.2) is 39.5 Å². The fourth-order valence-corrected chi connectivity index (χ4v) is 2.75. The van der Waals surface area contributed by atoms with Gasteiger partial charge in [0.25, 0.3) is 0 Å². The predicted molar refractivity (Wildman–Crippen MR) is 72.7 cm³/mol. The van der Waals surface area contributed by atoms with Crippen molar-refractivity contribution in [2.75, 3.05) is 19.7 Å². The molecule has 2 heterocycles. The van der Waals surface area contributed by atoms with E-state index in [0.29, 0.717) is 12.5 Å². The number of nitrogens with zero attached hydrogens (tertiary/aromatic N) is 3. The number of halogens is 1. The Morgan fingerprint density at radius 1 is 1.39 bits per heavy atom. The number of aliphatic hydroxyl groups excluding tert-OH is 1. The molecule has 1 aromatic heterocycles. The summed E-state index contributed by atoms with van der Waals surface area (Å²) >= 11 is 6.32. The molecule has 0 bridgehead atoms. The summed E-state index contributed by atoms with van der Waals surface area (Å²) in [6.45, 7) is 8.16. The number of aryl methyl sites for hydroxylation is 2. The molecule has 2 rings (SSSR count). The normalized spacial score (nSPS) is 18.4. The van der Waals surface area contributed by atoms with E-state index in [-0.39, 0.29) is 0 Å². The lowest BCUT2D eigenvalue weighted by molar-refractivity contribution is 0.125. The Hall–Kier alpha value is -0.580. The first-order valence-electron chi connectivity index (χ1n) is 6.70. The van der Waals surface area contributed by atoms with Gasteiger partial charge >= 0.3 is 0 Å². The zero-order valence-corrected chi connectivity index (χ0v) is 11.9. The van der Waals surface area contributed by atoms with Crippen LogP contribution < -0.4 is 0 Å². The summed E-state index contributed by atoms with van der Waals surface area (Å²) < 4.78 is 2.00. The topological polar surface area (TPSA) is 41.3 Å². The van der Waals surface area contributed by atoms with Crippen molar-refractivity contribution in [3.8, 4) is 0 Å². The second-order valence-electron chi connectivity index (χ2n) is 5.06. The summed E-state index contributed by atoms with van der Waals surface area (Å²) in [5, 5.41) is 14.4. The first-order chi connectivity index (χ1) is 8.65. The Morgan fingerprint density at radius 3 is 2.61 bits per heavy atom. The molecule has 5 heteroatoms. The molecule has 1 N–H and O–H groups in total. The number of aromatic nitrogens is 2. The molecule has 0 aromatic carbocycles. The standard InChI is InChI=1S/C13H22ClN3O/c1-3-17-12(13(14)10(2)15-17)8-16-6-4-11(9-18)5-7-16/h11,18H,3-9H2,1-2H3. The van der Waals surface area contributed by atoms with Crippen molar-refractivity contribution in [2.24, 2.45) is 5.92 Å². The molecule has 0 atom stereocenters. The zero-order chi connectivity index (χ0) is 13.1. The van der Waals surface area contributed by atoms with Gasteiger partial charge in [-0.2, -0.15) is 5.10 Å². The Labute approximate surface area is 114 Å². The highest BCUT2D eigenvalue weighted by atomic mass is 35.5. The van der Waals surface area contributed by atoms with Crippen molar-refractivity contribution in [1.29, 1.82) is 0 Å². The average Bonchev–Trinajstić information content (AvgIpc) is 2.67. The van der Waals surface area contributed by atoms with E-state index in [1.54, 1.807) is 0 Å². The number of aliphatic hydroxyl groups is 1. The minimum atomic E-state index is 0.320. The smallest absolute Gasteiger partial charge is 0.0860 e. The van der Waals surface area contributed by atoms with Crippen LogP contribution >= 0.6 is 11.6 Å². The maximum Gasteiger partial charge on any atom is 0.0860 e. The lowest BCUT2D eigenvalue weighted by Crippen LogP contribution is -2.35. The van der Waals surface area contributed by atoms with E-state index < -0.39 is 0 Å². The highest BCUT2D eigenvalue weighted by Gasteiger charge is 2.21. The van der Waals surface area contributed by atoms with E-state index >= 15 is 0 Å². The first kappa shape index (κ1) is 13.8. The number of hydrogen-bond acceptors (Lipinski definition) is 3. The van der Waals surface area contributed by atoms with Crippen molar-refractivity contribution < 1.29 is 5.11 Å². The summed E-state index contributed by atoms with van der Waals surface area (Å²) in [5.41, 5.74) is 2.04. The van der Waals surface area contributed by atoms with Crippen molar-refractivity contribution in [2.45, 2.75) is 39.8 Å². The monoisotopic (exact) mass is 271 g/mol. The molecule has 1 aliphatic rings. The van der Waals surface area contributed by atoms with E-state index in [1.807, 2.05) is 11.6 Å². The quantitative estimate of drug-likeness (QED) is 0.912. The van der Waals surface area contributed by atoms with Crippen LogP contribution in [0, 0.1) is 12.8 Å². The predicted octanol–water partition coefficient (Wildman–Crippen LogP) is 2.07. The Balaban J connectivity index is 2.02. The number of rotatable bonds is 4. The van der Waals surface area contributed by atoms with Crippen LogP contribution in [0.5, 0.6) is 0 Å². The van der Waals surface area contributed by atoms with Crippen molar-refractivity contribution >= 4 is 11.6 Å². The van der Waals surface area contributed by atoms with Gasteiger partial charge < -0.3 is 5.11 Å². The summed E-state index contributed by atoms with van der Waals surface area (Å²) in [5.74, 6) is 0.481. The third-order valence-corrected chi connectivity index (χ3v) is 4.28. The van der Waals surface area contributed by atoms with E-state index in [0.717, 1.165) is 55.4 Å². The van der Waals surface area contributed by atoms with E-state index in [4.69, 9.17) is 16.7 Å². The number of hydrogen-bond donors (Lipinski definition) is 1. The lowest BCUT2D eigenvalue weighted by Gasteiger charge is -2.31. The maximum atomic E-state index is 9.14. The SMILES string of the molecule is CCn1nc(C)c(Cl)c1CN1CCC(CO)CC1. The molecule has 0 spiro atoms. The molecule has 0 radical (unpaired) electrons. The molecule has 0 unspecified atom stereocenters. The highest BCUT2D eigenvalue weighted by Crippen LogP contribution is 2.24. The van der Waals surface area contributed by atoms with E-state index in [9.17, 15) is 0 Å². The van der Waals surface area contributed by atoms with Crippen LogP contribution in [0.25, 0.3) is 0 Å². The highest BCUT2D eigenvalue weighted by molar-refractivity contribution is 6.31. The van der Waals surface area contributed by atoms with Crippen LogP contribution in [0.3, 0.4) is 0 Å². The summed E-state index contributed by atoms with van der Waals surface area (Å²) in [4.78, 5) is 2.40. The summed E-state index contributed by atoms with van der Waals surface area (Å²) in [6, 6.07) is 0. The molecular formula is C13H22ClN3O. The Bertz CT molecular complexity index is 397. The molecule has 0 aliphatic carbocycles. The molecule has 1 saturated heterocycles. The Morgan fingerprint density at radius 2 is 2.06 bits per heavy atom. The van der Waals surface area contributed by atoms with Gasteiger partial charge in [0.2, 0.25) is 0 Å². The third-order valence-electron chi connectivity index (χ3n) is 3.79. The molecular weight excluding hydrogens is 250 g/mol.